The molecule has 1 nitrogen and oxygen atoms in total. The molecule has 0 saturated carbocycles. The summed E-state index contributed by atoms with van der Waals surface area (Å²) in [6.45, 7) is 4.73. The number of hydrogen-bond donors (Lipinski definition) is 0. The Morgan fingerprint density at radius 1 is 0.957 bits per heavy atom. The second-order valence-electron chi connectivity index (χ2n) is 6.66. The van der Waals surface area contributed by atoms with Gasteiger partial charge in [-0.05, 0) is 29.1 Å². The minimum Gasteiger partial charge on any atom is -0.369 e. The van der Waals surface area contributed by atoms with Crippen LogP contribution in [-0.4, -0.2) is 18.1 Å². The van der Waals surface area contributed by atoms with Gasteiger partial charge in [0.2, 0.25) is 4.86 Å². The molecule has 2 rings (SSSR count). The van der Waals surface area contributed by atoms with Crippen LogP contribution < -0.4 is 0 Å². The molecule has 0 aromatic heterocycles. The lowest BCUT2D eigenvalue weighted by atomic mass is 9.74. The van der Waals surface area contributed by atoms with E-state index >= 15 is 0 Å². The van der Waals surface area contributed by atoms with Crippen LogP contribution in [-0.2, 0) is 10.3 Å². The number of hydrogen-bond acceptors (Lipinski definition) is 1. The Labute approximate surface area is 156 Å². The topological polar surface area (TPSA) is 9.23 Å². The monoisotopic (exact) mass is 438 g/mol. The third-order valence-corrected chi connectivity index (χ3v) is 7.27. The Kier molecular flexibility index (Phi) is 7.12. The van der Waals surface area contributed by atoms with Gasteiger partial charge in [-0.3, -0.25) is 0 Å². The minimum atomic E-state index is -0.387. The maximum atomic E-state index is 6.23. The third kappa shape index (κ3) is 4.81. The molecule has 0 radical (unpaired) electrons. The van der Waals surface area contributed by atoms with Crippen LogP contribution in [0.3, 0.4) is 0 Å². The predicted molar refractivity (Wildman–Crippen MR) is 113 cm³/mol. The van der Waals surface area contributed by atoms with Crippen LogP contribution >= 0.6 is 30.8 Å². The molecule has 0 bridgehead atoms. The first-order valence-corrected chi connectivity index (χ1v) is 10.9. The Morgan fingerprint density at radius 2 is 1.43 bits per heavy atom. The van der Waals surface area contributed by atoms with Gasteiger partial charge in [-0.25, -0.2) is 0 Å². The predicted octanol–water partition coefficient (Wildman–Crippen LogP) is 5.37. The highest BCUT2D eigenvalue weighted by molar-refractivity contribution is 14.1. The first-order valence-electron chi connectivity index (χ1n) is 7.97. The molecule has 1 unspecified atom stereocenters. The van der Waals surface area contributed by atoms with Gasteiger partial charge >= 0.3 is 0 Å². The van der Waals surface area contributed by atoms with Gasteiger partial charge in [-0.15, -0.1) is 30.8 Å². The van der Waals surface area contributed by atoms with Gasteiger partial charge < -0.3 is 4.74 Å². The highest BCUT2D eigenvalue weighted by Crippen LogP contribution is 2.44. The highest BCUT2D eigenvalue weighted by atomic mass is 127. The van der Waals surface area contributed by atoms with E-state index in [4.69, 9.17) is 4.74 Å². The fourth-order valence-corrected chi connectivity index (χ4v) is 4.92. The highest BCUT2D eigenvalue weighted by Gasteiger charge is 2.39. The lowest BCUT2D eigenvalue weighted by Crippen LogP contribution is -2.36. The standard InChI is InChI=1S/C19H25BIOP/c1-18(2,15-23-20-21)14-19(22-3,16-10-6-4-7-11-16)17-12-8-5-9-13-17/h4-13,20,23H,14-15H2,1-3H3. The number of benzene rings is 2. The van der Waals surface area contributed by atoms with Gasteiger partial charge in [0.15, 0.2) is 0 Å². The Hall–Kier alpha value is -0.375. The van der Waals surface area contributed by atoms with E-state index in [1.165, 1.54) is 22.1 Å². The number of methoxy groups -OCH3 is 1. The lowest BCUT2D eigenvalue weighted by Gasteiger charge is -2.40. The first kappa shape index (κ1) is 19.0. The molecule has 1 atom stereocenters. The number of rotatable bonds is 8. The second-order valence-corrected chi connectivity index (χ2v) is 10.1. The van der Waals surface area contributed by atoms with Crippen molar-refractivity contribution >= 4 is 35.7 Å². The van der Waals surface area contributed by atoms with Crippen molar-refractivity contribution in [2.75, 3.05) is 13.3 Å². The molecule has 0 amide bonds. The van der Waals surface area contributed by atoms with E-state index in [0.717, 1.165) is 14.9 Å². The molecular weight excluding hydrogens is 413 g/mol. The minimum absolute atomic E-state index is 0.227. The summed E-state index contributed by atoms with van der Waals surface area (Å²) in [7, 11) is 2.84. The summed E-state index contributed by atoms with van der Waals surface area (Å²) in [5.41, 5.74) is 2.31. The first-order chi connectivity index (χ1) is 11.0. The van der Waals surface area contributed by atoms with Crippen LogP contribution in [0.2, 0.25) is 0 Å². The van der Waals surface area contributed by atoms with Crippen molar-refractivity contribution in [3.05, 3.63) is 71.8 Å². The molecule has 0 heterocycles. The van der Waals surface area contributed by atoms with Gasteiger partial charge in [-0.1, -0.05) is 74.5 Å². The van der Waals surface area contributed by atoms with Gasteiger partial charge in [0.1, 0.15) is 5.60 Å². The summed E-state index contributed by atoms with van der Waals surface area (Å²) in [5.74, 6) is 0. The summed E-state index contributed by atoms with van der Waals surface area (Å²) in [4.78, 5) is 1.23. The number of halogens is 1. The molecule has 4 heteroatoms. The van der Waals surface area contributed by atoms with Crippen molar-refractivity contribution in [3.63, 3.8) is 0 Å². The van der Waals surface area contributed by atoms with Crippen molar-refractivity contribution in [3.8, 4) is 0 Å². The zero-order valence-corrected chi connectivity index (χ0v) is 17.3. The smallest absolute Gasteiger partial charge is 0.225 e. The molecule has 0 aliphatic rings. The maximum absolute atomic E-state index is 6.23. The third-order valence-electron chi connectivity index (χ3n) is 4.25. The molecule has 23 heavy (non-hydrogen) atoms. The van der Waals surface area contributed by atoms with Gasteiger partial charge in [0, 0.05) is 7.11 Å². The molecule has 0 N–H and O–H groups in total. The fraction of sp³-hybridized carbons (Fsp3) is 0.368. The van der Waals surface area contributed by atoms with E-state index in [0.29, 0.717) is 0 Å². The molecule has 0 spiro atoms. The summed E-state index contributed by atoms with van der Waals surface area (Å²) in [5, 5.41) is 0. The lowest BCUT2D eigenvalue weighted by molar-refractivity contribution is -0.0102. The maximum Gasteiger partial charge on any atom is 0.225 e. The van der Waals surface area contributed by atoms with E-state index in [-0.39, 0.29) is 11.0 Å². The van der Waals surface area contributed by atoms with Crippen LogP contribution in [0.1, 0.15) is 31.4 Å². The zero-order chi connectivity index (χ0) is 16.8. The molecule has 0 saturated heterocycles. The Bertz CT molecular complexity index is 549. The SMILES string of the molecule is COC(CC(C)(C)CPBI)(c1ccccc1)c1ccccc1. The summed E-state index contributed by atoms with van der Waals surface area (Å²) in [6.07, 6.45) is 2.22. The molecule has 0 aliphatic heterocycles. The molecule has 0 aliphatic carbocycles. The average molecular weight is 438 g/mol. The summed E-state index contributed by atoms with van der Waals surface area (Å²) < 4.78 is 6.23. The second kappa shape index (κ2) is 8.64. The van der Waals surface area contributed by atoms with Crippen LogP contribution in [0.4, 0.5) is 0 Å². The Morgan fingerprint density at radius 3 is 1.83 bits per heavy atom. The van der Waals surface area contributed by atoms with Gasteiger partial charge in [-0.2, -0.15) is 0 Å². The van der Waals surface area contributed by atoms with E-state index < -0.39 is 0 Å². The van der Waals surface area contributed by atoms with Crippen molar-refractivity contribution in [2.45, 2.75) is 25.9 Å². The van der Waals surface area contributed by atoms with Gasteiger partial charge in [0.25, 0.3) is 0 Å². The van der Waals surface area contributed by atoms with E-state index in [1.54, 1.807) is 0 Å². The van der Waals surface area contributed by atoms with Crippen LogP contribution in [0.25, 0.3) is 0 Å². The summed E-state index contributed by atoms with van der Waals surface area (Å²) >= 11 is 2.48. The fourth-order valence-electron chi connectivity index (χ4n) is 3.22. The van der Waals surface area contributed by atoms with Crippen LogP contribution in [0, 0.1) is 5.41 Å². The van der Waals surface area contributed by atoms with Crippen molar-refractivity contribution < 1.29 is 4.74 Å². The molecule has 0 fully saturated rings. The molecule has 122 valence electrons. The van der Waals surface area contributed by atoms with Crippen molar-refractivity contribution in [1.29, 1.82) is 0 Å². The van der Waals surface area contributed by atoms with Crippen LogP contribution in [0.15, 0.2) is 60.7 Å². The number of ether oxygens (including phenoxy) is 1. The summed E-state index contributed by atoms with van der Waals surface area (Å²) in [6, 6.07) is 21.3. The van der Waals surface area contributed by atoms with E-state index in [1.807, 2.05) is 7.11 Å². The van der Waals surface area contributed by atoms with Gasteiger partial charge in [0.05, 0.1) is 0 Å². The normalized spacial score (nSPS) is 12.7. The zero-order valence-electron chi connectivity index (χ0n) is 14.2. The quantitative estimate of drug-likeness (QED) is 0.306. The molecule has 2 aromatic rings. The van der Waals surface area contributed by atoms with E-state index in [9.17, 15) is 0 Å². The molecular formula is C19H25BIOP. The Balaban J connectivity index is 2.47. The van der Waals surface area contributed by atoms with Crippen LogP contribution in [0.5, 0.6) is 0 Å². The van der Waals surface area contributed by atoms with Crippen molar-refractivity contribution in [1.82, 2.24) is 0 Å². The molecule has 2 aromatic carbocycles. The average Bonchev–Trinajstić information content (AvgIpc) is 2.59. The van der Waals surface area contributed by atoms with E-state index in [2.05, 4.69) is 96.9 Å². The van der Waals surface area contributed by atoms with Crippen molar-refractivity contribution in [2.24, 2.45) is 5.41 Å². The largest absolute Gasteiger partial charge is 0.369 e.